The third-order valence-corrected chi connectivity index (χ3v) is 1.99. The van der Waals surface area contributed by atoms with Gasteiger partial charge in [-0.2, -0.15) is 4.98 Å². The first-order valence-corrected chi connectivity index (χ1v) is 5.46. The summed E-state index contributed by atoms with van der Waals surface area (Å²) in [5.74, 6) is 0.670. The SMILES string of the molecule is COCCNC(=O)CNc1nc(C(C)C)no1. The number of carbonyl (C=O) groups is 1. The van der Waals surface area contributed by atoms with Crippen molar-refractivity contribution in [1.29, 1.82) is 0 Å². The number of hydrogen-bond acceptors (Lipinski definition) is 6. The van der Waals surface area contributed by atoms with Crippen molar-refractivity contribution in [3.05, 3.63) is 5.82 Å². The van der Waals surface area contributed by atoms with Gasteiger partial charge >= 0.3 is 6.01 Å². The van der Waals surface area contributed by atoms with Gasteiger partial charge in [-0.1, -0.05) is 19.0 Å². The fourth-order valence-corrected chi connectivity index (χ4v) is 1.05. The standard InChI is InChI=1S/C10H18N4O3/c1-7(2)9-13-10(17-14-9)12-6-8(15)11-4-5-16-3/h7H,4-6H2,1-3H3,(H,11,15)(H,12,13,14). The van der Waals surface area contributed by atoms with E-state index >= 15 is 0 Å². The van der Waals surface area contributed by atoms with Crippen LogP contribution in [-0.2, 0) is 9.53 Å². The first kappa shape index (κ1) is 13.4. The molecule has 0 aliphatic carbocycles. The van der Waals surface area contributed by atoms with Crippen LogP contribution in [0, 0.1) is 0 Å². The summed E-state index contributed by atoms with van der Waals surface area (Å²) in [4.78, 5) is 15.4. The summed E-state index contributed by atoms with van der Waals surface area (Å²) in [6, 6.07) is 0.260. The lowest BCUT2D eigenvalue weighted by atomic mass is 10.2. The molecule has 0 radical (unpaired) electrons. The van der Waals surface area contributed by atoms with Crippen molar-refractivity contribution in [2.75, 3.05) is 32.1 Å². The van der Waals surface area contributed by atoms with Crippen LogP contribution in [0.1, 0.15) is 25.6 Å². The minimum atomic E-state index is -0.147. The van der Waals surface area contributed by atoms with Crippen LogP contribution in [0.5, 0.6) is 0 Å². The molecular weight excluding hydrogens is 224 g/mol. The lowest BCUT2D eigenvalue weighted by Gasteiger charge is -2.03. The van der Waals surface area contributed by atoms with Gasteiger partial charge in [-0.15, -0.1) is 0 Å². The largest absolute Gasteiger partial charge is 0.383 e. The summed E-state index contributed by atoms with van der Waals surface area (Å²) in [5.41, 5.74) is 0. The van der Waals surface area contributed by atoms with E-state index in [0.717, 1.165) is 0 Å². The first-order valence-electron chi connectivity index (χ1n) is 5.46. The quantitative estimate of drug-likeness (QED) is 0.671. The highest BCUT2D eigenvalue weighted by molar-refractivity contribution is 5.79. The van der Waals surface area contributed by atoms with E-state index in [9.17, 15) is 4.79 Å². The lowest BCUT2D eigenvalue weighted by molar-refractivity contribution is -0.119. The summed E-state index contributed by atoms with van der Waals surface area (Å²) in [7, 11) is 1.58. The molecule has 1 aromatic rings. The predicted molar refractivity (Wildman–Crippen MR) is 61.8 cm³/mol. The van der Waals surface area contributed by atoms with Crippen molar-refractivity contribution in [2.24, 2.45) is 0 Å². The average molecular weight is 242 g/mol. The molecule has 0 fully saturated rings. The molecule has 0 saturated heterocycles. The molecule has 7 heteroatoms. The number of methoxy groups -OCH3 is 1. The van der Waals surface area contributed by atoms with E-state index in [2.05, 4.69) is 20.8 Å². The van der Waals surface area contributed by atoms with E-state index < -0.39 is 0 Å². The summed E-state index contributed by atoms with van der Waals surface area (Å²) < 4.78 is 9.73. The first-order chi connectivity index (χ1) is 8.13. The van der Waals surface area contributed by atoms with E-state index in [1.54, 1.807) is 7.11 Å². The number of nitrogens with one attached hydrogen (secondary N) is 2. The van der Waals surface area contributed by atoms with Crippen LogP contribution in [0.25, 0.3) is 0 Å². The van der Waals surface area contributed by atoms with Crippen LogP contribution in [0.4, 0.5) is 6.01 Å². The number of hydrogen-bond donors (Lipinski definition) is 2. The second-order valence-electron chi connectivity index (χ2n) is 3.81. The fraction of sp³-hybridized carbons (Fsp3) is 0.700. The van der Waals surface area contributed by atoms with Gasteiger partial charge in [-0.25, -0.2) is 0 Å². The Kier molecular flexibility index (Phi) is 5.41. The van der Waals surface area contributed by atoms with Gasteiger partial charge in [0.1, 0.15) is 0 Å². The summed E-state index contributed by atoms with van der Waals surface area (Å²) in [6.07, 6.45) is 0. The van der Waals surface area contributed by atoms with Crippen LogP contribution in [0.2, 0.25) is 0 Å². The van der Waals surface area contributed by atoms with Crippen LogP contribution >= 0.6 is 0 Å². The van der Waals surface area contributed by atoms with Crippen LogP contribution in [0.3, 0.4) is 0 Å². The van der Waals surface area contributed by atoms with Crippen LogP contribution in [0.15, 0.2) is 4.52 Å². The minimum absolute atomic E-state index is 0.101. The molecule has 0 unspecified atom stereocenters. The molecule has 0 saturated carbocycles. The summed E-state index contributed by atoms with van der Waals surface area (Å²) >= 11 is 0. The average Bonchev–Trinajstić information content (AvgIpc) is 2.75. The highest BCUT2D eigenvalue weighted by Crippen LogP contribution is 2.11. The Balaban J connectivity index is 2.27. The molecule has 0 atom stereocenters. The molecule has 0 bridgehead atoms. The van der Waals surface area contributed by atoms with Gasteiger partial charge in [-0.05, 0) is 0 Å². The van der Waals surface area contributed by atoms with Gasteiger partial charge in [0, 0.05) is 19.6 Å². The van der Waals surface area contributed by atoms with Crippen molar-refractivity contribution in [1.82, 2.24) is 15.5 Å². The summed E-state index contributed by atoms with van der Waals surface area (Å²) in [5, 5.41) is 9.19. The highest BCUT2D eigenvalue weighted by Gasteiger charge is 2.10. The second-order valence-corrected chi connectivity index (χ2v) is 3.81. The molecule has 1 rings (SSSR count). The number of ether oxygens (including phenoxy) is 1. The Hall–Kier alpha value is -1.63. The Bertz CT molecular complexity index is 351. The molecule has 7 nitrogen and oxygen atoms in total. The molecule has 1 aromatic heterocycles. The molecule has 96 valence electrons. The molecule has 17 heavy (non-hydrogen) atoms. The van der Waals surface area contributed by atoms with Crippen molar-refractivity contribution < 1.29 is 14.1 Å². The Labute approximate surface area is 99.9 Å². The van der Waals surface area contributed by atoms with Crippen LogP contribution < -0.4 is 10.6 Å². The minimum Gasteiger partial charge on any atom is -0.383 e. The fourth-order valence-electron chi connectivity index (χ4n) is 1.05. The topological polar surface area (TPSA) is 89.3 Å². The monoisotopic (exact) mass is 242 g/mol. The number of carbonyl (C=O) groups excluding carboxylic acids is 1. The molecular formula is C10H18N4O3. The van der Waals surface area contributed by atoms with Gasteiger partial charge in [0.05, 0.1) is 13.2 Å². The normalized spacial score (nSPS) is 10.6. The van der Waals surface area contributed by atoms with E-state index in [-0.39, 0.29) is 24.4 Å². The number of rotatable bonds is 7. The maximum absolute atomic E-state index is 11.3. The predicted octanol–water partition coefficient (Wildman–Crippen LogP) is 0.367. The highest BCUT2D eigenvalue weighted by atomic mass is 16.5. The van der Waals surface area contributed by atoms with Gasteiger partial charge in [0.2, 0.25) is 5.91 Å². The number of anilines is 1. The van der Waals surface area contributed by atoms with E-state index in [1.807, 2.05) is 13.8 Å². The van der Waals surface area contributed by atoms with Crippen molar-refractivity contribution in [3.8, 4) is 0 Å². The maximum Gasteiger partial charge on any atom is 0.321 e. The molecule has 0 spiro atoms. The Morgan fingerprint density at radius 3 is 2.88 bits per heavy atom. The Morgan fingerprint density at radius 2 is 2.29 bits per heavy atom. The van der Waals surface area contributed by atoms with E-state index in [0.29, 0.717) is 19.0 Å². The molecule has 0 aromatic carbocycles. The third-order valence-electron chi connectivity index (χ3n) is 1.99. The van der Waals surface area contributed by atoms with Gasteiger partial charge < -0.3 is 19.9 Å². The second kappa shape index (κ2) is 6.85. The van der Waals surface area contributed by atoms with Crippen LogP contribution in [-0.4, -0.2) is 42.9 Å². The number of aromatic nitrogens is 2. The van der Waals surface area contributed by atoms with Crippen molar-refractivity contribution in [3.63, 3.8) is 0 Å². The van der Waals surface area contributed by atoms with Gasteiger partial charge in [0.15, 0.2) is 5.82 Å². The van der Waals surface area contributed by atoms with Crippen molar-refractivity contribution >= 4 is 11.9 Å². The zero-order chi connectivity index (χ0) is 12.7. The molecule has 0 aliphatic rings. The van der Waals surface area contributed by atoms with Gasteiger partial charge in [0.25, 0.3) is 0 Å². The van der Waals surface area contributed by atoms with E-state index in [1.165, 1.54) is 0 Å². The zero-order valence-corrected chi connectivity index (χ0v) is 10.3. The van der Waals surface area contributed by atoms with Gasteiger partial charge in [-0.3, -0.25) is 4.79 Å². The smallest absolute Gasteiger partial charge is 0.321 e. The molecule has 1 amide bonds. The lowest BCUT2D eigenvalue weighted by Crippen LogP contribution is -2.32. The van der Waals surface area contributed by atoms with Crippen molar-refractivity contribution in [2.45, 2.75) is 19.8 Å². The third kappa shape index (κ3) is 4.81. The van der Waals surface area contributed by atoms with E-state index in [4.69, 9.17) is 9.26 Å². The number of amides is 1. The Morgan fingerprint density at radius 1 is 1.53 bits per heavy atom. The summed E-state index contributed by atoms with van der Waals surface area (Å²) in [6.45, 7) is 5.00. The molecule has 1 heterocycles. The molecule has 0 aliphatic heterocycles. The zero-order valence-electron chi connectivity index (χ0n) is 10.3. The maximum atomic E-state index is 11.3. The number of nitrogens with zero attached hydrogens (tertiary/aromatic N) is 2. The molecule has 2 N–H and O–H groups in total.